The van der Waals surface area contributed by atoms with Crippen molar-refractivity contribution >= 4 is 24.0 Å². The zero-order valence-corrected chi connectivity index (χ0v) is 11.3. The summed E-state index contributed by atoms with van der Waals surface area (Å²) in [5, 5.41) is 0.534. The Hall–Kier alpha value is -0.350. The van der Waals surface area contributed by atoms with E-state index in [1.165, 1.54) is 30.7 Å². The van der Waals surface area contributed by atoms with Crippen molar-refractivity contribution in [3.63, 3.8) is 0 Å². The lowest BCUT2D eigenvalue weighted by Crippen LogP contribution is -2.08. The number of rotatable bonds is 3. The van der Waals surface area contributed by atoms with Gasteiger partial charge in [-0.25, -0.2) is 4.98 Å². The van der Waals surface area contributed by atoms with E-state index >= 15 is 0 Å². The lowest BCUT2D eigenvalue weighted by Gasteiger charge is -2.20. The van der Waals surface area contributed by atoms with Crippen LogP contribution in [0.25, 0.3) is 0 Å². The number of aryl methyl sites for hydroxylation is 1. The van der Waals surface area contributed by atoms with Crippen LogP contribution in [0, 0.1) is 4.64 Å². The van der Waals surface area contributed by atoms with Gasteiger partial charge in [-0.2, -0.15) is 11.8 Å². The third kappa shape index (κ3) is 3.08. The van der Waals surface area contributed by atoms with Crippen LogP contribution < -0.4 is 0 Å². The van der Waals surface area contributed by atoms with Gasteiger partial charge >= 0.3 is 0 Å². The van der Waals surface area contributed by atoms with Crippen LogP contribution in [0.5, 0.6) is 0 Å². The summed E-state index contributed by atoms with van der Waals surface area (Å²) >= 11 is 7.24. The van der Waals surface area contributed by atoms with E-state index in [9.17, 15) is 0 Å². The Morgan fingerprint density at radius 3 is 3.12 bits per heavy atom. The maximum absolute atomic E-state index is 5.23. The van der Waals surface area contributed by atoms with Gasteiger partial charge in [-0.15, -0.1) is 0 Å². The maximum Gasteiger partial charge on any atom is 0.130 e. The maximum atomic E-state index is 5.23. The first-order valence-electron chi connectivity index (χ1n) is 6.01. The van der Waals surface area contributed by atoms with Crippen molar-refractivity contribution in [3.8, 4) is 0 Å². The molecule has 16 heavy (non-hydrogen) atoms. The molecular formula is C12H18N2S2. The van der Waals surface area contributed by atoms with E-state index in [2.05, 4.69) is 16.9 Å². The Morgan fingerprint density at radius 2 is 2.44 bits per heavy atom. The normalized spacial score (nSPS) is 20.9. The van der Waals surface area contributed by atoms with Gasteiger partial charge in [0.2, 0.25) is 0 Å². The molecule has 2 rings (SSSR count). The van der Waals surface area contributed by atoms with Crippen LogP contribution >= 0.6 is 24.0 Å². The number of aromatic nitrogens is 2. The molecule has 0 saturated carbocycles. The molecule has 1 fully saturated rings. The average Bonchev–Trinajstić information content (AvgIpc) is 2.30. The van der Waals surface area contributed by atoms with Crippen molar-refractivity contribution in [1.82, 2.24) is 9.97 Å². The van der Waals surface area contributed by atoms with Gasteiger partial charge < -0.3 is 4.98 Å². The van der Waals surface area contributed by atoms with E-state index in [4.69, 9.17) is 12.2 Å². The highest BCUT2D eigenvalue weighted by molar-refractivity contribution is 7.99. The fraction of sp³-hybridized carbons (Fsp3) is 0.667. The zero-order valence-electron chi connectivity index (χ0n) is 9.66. The van der Waals surface area contributed by atoms with E-state index in [0.29, 0.717) is 5.25 Å². The van der Waals surface area contributed by atoms with E-state index < -0.39 is 0 Å². The van der Waals surface area contributed by atoms with Crippen molar-refractivity contribution in [2.45, 2.75) is 44.3 Å². The smallest absolute Gasteiger partial charge is 0.130 e. The zero-order chi connectivity index (χ0) is 11.4. The summed E-state index contributed by atoms with van der Waals surface area (Å²) in [6.07, 6.45) is 6.11. The number of aromatic amines is 1. The van der Waals surface area contributed by atoms with Gasteiger partial charge in [0.1, 0.15) is 10.5 Å². The highest BCUT2D eigenvalue weighted by Crippen LogP contribution is 2.36. The third-order valence-electron chi connectivity index (χ3n) is 2.82. The van der Waals surface area contributed by atoms with Crippen molar-refractivity contribution in [2.75, 3.05) is 5.75 Å². The Kier molecular flexibility index (Phi) is 4.41. The summed E-state index contributed by atoms with van der Waals surface area (Å²) in [5.74, 6) is 2.35. The van der Waals surface area contributed by atoms with Crippen LogP contribution in [0.4, 0.5) is 0 Å². The second kappa shape index (κ2) is 5.82. The Morgan fingerprint density at radius 1 is 1.56 bits per heavy atom. The number of hydrogen-bond acceptors (Lipinski definition) is 3. The van der Waals surface area contributed by atoms with Crippen LogP contribution in [-0.4, -0.2) is 15.7 Å². The van der Waals surface area contributed by atoms with Crippen LogP contribution in [0.2, 0.25) is 0 Å². The summed E-state index contributed by atoms with van der Waals surface area (Å²) in [5.41, 5.74) is 1.24. The van der Waals surface area contributed by atoms with Crippen LogP contribution in [0.1, 0.15) is 49.4 Å². The fourth-order valence-corrected chi connectivity index (χ4v) is 3.54. The Bertz CT molecular complexity index is 394. The first kappa shape index (κ1) is 12.1. The molecule has 0 aliphatic carbocycles. The van der Waals surface area contributed by atoms with Gasteiger partial charge in [0.15, 0.2) is 0 Å². The van der Waals surface area contributed by atoms with E-state index in [0.717, 1.165) is 23.3 Å². The number of H-pyrrole nitrogens is 1. The van der Waals surface area contributed by atoms with Crippen LogP contribution in [0.3, 0.4) is 0 Å². The second-order valence-electron chi connectivity index (χ2n) is 4.24. The van der Waals surface area contributed by atoms with Gasteiger partial charge in [0, 0.05) is 5.69 Å². The minimum atomic E-state index is 0.534. The predicted octanol–water partition coefficient (Wildman–Crippen LogP) is 4.05. The molecule has 1 saturated heterocycles. The first-order valence-corrected chi connectivity index (χ1v) is 7.47. The summed E-state index contributed by atoms with van der Waals surface area (Å²) < 4.78 is 0.739. The molecule has 0 amide bonds. The topological polar surface area (TPSA) is 28.7 Å². The molecule has 88 valence electrons. The van der Waals surface area contributed by atoms with E-state index in [1.54, 1.807) is 0 Å². The summed E-state index contributed by atoms with van der Waals surface area (Å²) in [6.45, 7) is 2.19. The molecular weight excluding hydrogens is 236 g/mol. The average molecular weight is 254 g/mol. The molecule has 0 spiro atoms. The quantitative estimate of drug-likeness (QED) is 0.825. The summed E-state index contributed by atoms with van der Waals surface area (Å²) in [7, 11) is 0. The molecule has 0 radical (unpaired) electrons. The molecule has 0 aromatic carbocycles. The number of nitrogens with zero attached hydrogens (tertiary/aromatic N) is 1. The highest BCUT2D eigenvalue weighted by atomic mass is 32.2. The minimum Gasteiger partial charge on any atom is -0.346 e. The summed E-state index contributed by atoms with van der Waals surface area (Å²) in [6, 6.07) is 2.00. The highest BCUT2D eigenvalue weighted by Gasteiger charge is 2.18. The number of nitrogens with one attached hydrogen (secondary N) is 1. The van der Waals surface area contributed by atoms with Gasteiger partial charge in [0.05, 0.1) is 5.25 Å². The molecule has 1 unspecified atom stereocenters. The van der Waals surface area contributed by atoms with Crippen LogP contribution in [0.15, 0.2) is 6.07 Å². The van der Waals surface area contributed by atoms with Gasteiger partial charge in [-0.3, -0.25) is 0 Å². The first-order chi connectivity index (χ1) is 7.79. The fourth-order valence-electron chi connectivity index (χ4n) is 2.04. The van der Waals surface area contributed by atoms with Gasteiger partial charge in [-0.1, -0.05) is 32.0 Å². The number of thioether (sulfide) groups is 1. The van der Waals surface area contributed by atoms with Crippen molar-refractivity contribution in [1.29, 1.82) is 0 Å². The predicted molar refractivity (Wildman–Crippen MR) is 72.5 cm³/mol. The molecule has 2 nitrogen and oxygen atoms in total. The van der Waals surface area contributed by atoms with E-state index in [1.807, 2.05) is 17.8 Å². The monoisotopic (exact) mass is 254 g/mol. The minimum absolute atomic E-state index is 0.534. The molecule has 1 aromatic rings. The molecule has 1 atom stereocenters. The van der Waals surface area contributed by atoms with E-state index in [-0.39, 0.29) is 0 Å². The lowest BCUT2D eigenvalue weighted by atomic mass is 10.1. The molecule has 2 heterocycles. The molecule has 1 N–H and O–H groups in total. The van der Waals surface area contributed by atoms with Gasteiger partial charge in [-0.05, 0) is 31.1 Å². The SMILES string of the molecule is CCCc1cc(=S)nc(C2CCCCS2)[nH]1. The lowest BCUT2D eigenvalue weighted by molar-refractivity contribution is 0.656. The molecule has 0 bridgehead atoms. The molecule has 4 heteroatoms. The van der Waals surface area contributed by atoms with Crippen LogP contribution in [-0.2, 0) is 6.42 Å². The van der Waals surface area contributed by atoms with Crippen molar-refractivity contribution in [2.24, 2.45) is 0 Å². The third-order valence-corrected chi connectivity index (χ3v) is 4.42. The largest absolute Gasteiger partial charge is 0.346 e. The molecule has 1 aliphatic heterocycles. The van der Waals surface area contributed by atoms with Gasteiger partial charge in [0.25, 0.3) is 0 Å². The molecule has 1 aliphatic rings. The number of hydrogen-bond donors (Lipinski definition) is 1. The van der Waals surface area contributed by atoms with Crippen molar-refractivity contribution < 1.29 is 0 Å². The van der Waals surface area contributed by atoms with Crippen molar-refractivity contribution in [3.05, 3.63) is 22.2 Å². The Balaban J connectivity index is 2.21. The second-order valence-corrected chi connectivity index (χ2v) is 5.96. The standard InChI is InChI=1S/C12H18N2S2/c1-2-5-9-8-11(15)14-12(13-9)10-6-3-4-7-16-10/h8,10H,2-7H2,1H3,(H,13,14,15). The summed E-state index contributed by atoms with van der Waals surface area (Å²) in [4.78, 5) is 7.94. The Labute approximate surface area is 106 Å². The molecule has 1 aromatic heterocycles.